The van der Waals surface area contributed by atoms with Gasteiger partial charge in [0.2, 0.25) is 0 Å². The lowest BCUT2D eigenvalue weighted by Crippen LogP contribution is -2.24. The molecule has 0 radical (unpaired) electrons. The summed E-state index contributed by atoms with van der Waals surface area (Å²) < 4.78 is 8.08. The van der Waals surface area contributed by atoms with E-state index in [1.54, 1.807) is 7.05 Å². The standard InChI is InChI=1S/C8H13N3O2/c1-10-5-9-11(8(10)12)6-13-4-7-2-3-7/h5,7H,2-4,6H2,1H3. The second kappa shape index (κ2) is 3.33. The Morgan fingerprint density at radius 2 is 2.46 bits per heavy atom. The lowest BCUT2D eigenvalue weighted by molar-refractivity contribution is 0.0585. The molecule has 0 N–H and O–H groups in total. The van der Waals surface area contributed by atoms with Crippen molar-refractivity contribution in [2.45, 2.75) is 19.6 Å². The van der Waals surface area contributed by atoms with Gasteiger partial charge in [-0.25, -0.2) is 4.79 Å². The van der Waals surface area contributed by atoms with Gasteiger partial charge in [-0.3, -0.25) is 4.57 Å². The van der Waals surface area contributed by atoms with E-state index in [9.17, 15) is 4.79 Å². The van der Waals surface area contributed by atoms with Crippen LogP contribution in [0.3, 0.4) is 0 Å². The fraction of sp³-hybridized carbons (Fsp3) is 0.750. The Balaban J connectivity index is 1.86. The number of aryl methyl sites for hydroxylation is 1. The third-order valence-electron chi connectivity index (χ3n) is 2.15. The molecule has 0 unspecified atom stereocenters. The van der Waals surface area contributed by atoms with Crippen molar-refractivity contribution in [3.8, 4) is 0 Å². The lowest BCUT2D eigenvalue weighted by Gasteiger charge is -2.00. The van der Waals surface area contributed by atoms with Gasteiger partial charge < -0.3 is 4.74 Å². The lowest BCUT2D eigenvalue weighted by atomic mass is 10.5. The van der Waals surface area contributed by atoms with Gasteiger partial charge >= 0.3 is 5.69 Å². The van der Waals surface area contributed by atoms with Gasteiger partial charge in [0.25, 0.3) is 0 Å². The van der Waals surface area contributed by atoms with Crippen LogP contribution in [0.15, 0.2) is 11.1 Å². The van der Waals surface area contributed by atoms with E-state index in [4.69, 9.17) is 4.74 Å². The molecule has 1 saturated carbocycles. The first-order valence-corrected chi connectivity index (χ1v) is 4.43. The van der Waals surface area contributed by atoms with Crippen molar-refractivity contribution < 1.29 is 4.74 Å². The summed E-state index contributed by atoms with van der Waals surface area (Å²) in [5, 5.41) is 3.87. The Labute approximate surface area is 75.9 Å². The van der Waals surface area contributed by atoms with Crippen molar-refractivity contribution in [2.75, 3.05) is 6.61 Å². The van der Waals surface area contributed by atoms with Gasteiger partial charge in [-0.1, -0.05) is 0 Å². The van der Waals surface area contributed by atoms with Crippen molar-refractivity contribution in [2.24, 2.45) is 13.0 Å². The largest absolute Gasteiger partial charge is 0.359 e. The summed E-state index contributed by atoms with van der Waals surface area (Å²) in [6, 6.07) is 0. The highest BCUT2D eigenvalue weighted by Crippen LogP contribution is 2.28. The van der Waals surface area contributed by atoms with Crippen LogP contribution in [0, 0.1) is 5.92 Å². The fourth-order valence-corrected chi connectivity index (χ4v) is 1.10. The van der Waals surface area contributed by atoms with Crippen LogP contribution in [-0.2, 0) is 18.5 Å². The van der Waals surface area contributed by atoms with E-state index >= 15 is 0 Å². The number of aromatic nitrogens is 3. The fourth-order valence-electron chi connectivity index (χ4n) is 1.10. The molecule has 1 aromatic rings. The minimum atomic E-state index is -0.129. The molecule has 0 amide bonds. The zero-order chi connectivity index (χ0) is 9.26. The molecule has 0 aromatic carbocycles. The maximum atomic E-state index is 11.2. The number of ether oxygens (including phenoxy) is 1. The van der Waals surface area contributed by atoms with Gasteiger partial charge in [-0.15, -0.1) is 0 Å². The number of hydrogen-bond donors (Lipinski definition) is 0. The average molecular weight is 183 g/mol. The molecule has 0 atom stereocenters. The molecule has 1 heterocycles. The molecule has 13 heavy (non-hydrogen) atoms. The van der Waals surface area contributed by atoms with E-state index in [2.05, 4.69) is 5.10 Å². The smallest absolute Gasteiger partial charge is 0.347 e. The van der Waals surface area contributed by atoms with Crippen molar-refractivity contribution in [1.29, 1.82) is 0 Å². The molecule has 1 aliphatic rings. The highest BCUT2D eigenvalue weighted by Gasteiger charge is 2.21. The van der Waals surface area contributed by atoms with Gasteiger partial charge in [0.15, 0.2) is 0 Å². The summed E-state index contributed by atoms with van der Waals surface area (Å²) in [4.78, 5) is 11.2. The van der Waals surface area contributed by atoms with Crippen molar-refractivity contribution >= 4 is 0 Å². The van der Waals surface area contributed by atoms with Crippen LogP contribution >= 0.6 is 0 Å². The predicted octanol–water partition coefficient (Wildman–Crippen LogP) is -0.0341. The summed E-state index contributed by atoms with van der Waals surface area (Å²) in [5.41, 5.74) is -0.129. The van der Waals surface area contributed by atoms with E-state index in [0.29, 0.717) is 0 Å². The quantitative estimate of drug-likeness (QED) is 0.658. The third kappa shape index (κ3) is 1.98. The minimum absolute atomic E-state index is 0.129. The Bertz CT molecular complexity index is 337. The zero-order valence-electron chi connectivity index (χ0n) is 7.64. The molecule has 2 rings (SSSR count). The monoisotopic (exact) mass is 183 g/mol. The molecule has 5 nitrogen and oxygen atoms in total. The molecule has 0 bridgehead atoms. The maximum absolute atomic E-state index is 11.2. The number of rotatable bonds is 4. The summed E-state index contributed by atoms with van der Waals surface area (Å²) in [6.07, 6.45) is 4.01. The first-order chi connectivity index (χ1) is 6.27. The second-order valence-electron chi connectivity index (χ2n) is 3.47. The van der Waals surface area contributed by atoms with E-state index in [1.165, 1.54) is 28.4 Å². The van der Waals surface area contributed by atoms with Crippen molar-refractivity contribution in [3.63, 3.8) is 0 Å². The summed E-state index contributed by atoms with van der Waals surface area (Å²) in [6.45, 7) is 1.03. The molecule has 5 heteroatoms. The SMILES string of the molecule is Cn1cnn(COCC2CC2)c1=O. The Hall–Kier alpha value is -1.10. The Kier molecular flexibility index (Phi) is 2.18. The van der Waals surface area contributed by atoms with Crippen LogP contribution in [0.4, 0.5) is 0 Å². The Morgan fingerprint density at radius 3 is 3.00 bits per heavy atom. The van der Waals surface area contributed by atoms with Gasteiger partial charge in [-0.2, -0.15) is 9.78 Å². The third-order valence-corrected chi connectivity index (χ3v) is 2.15. The molecule has 1 aliphatic carbocycles. The number of nitrogens with zero attached hydrogens (tertiary/aromatic N) is 3. The molecule has 0 saturated heterocycles. The second-order valence-corrected chi connectivity index (χ2v) is 3.47. The topological polar surface area (TPSA) is 49.0 Å². The molecular formula is C8H13N3O2. The van der Waals surface area contributed by atoms with Crippen LogP contribution in [0.1, 0.15) is 12.8 Å². The van der Waals surface area contributed by atoms with Crippen molar-refractivity contribution in [3.05, 3.63) is 16.8 Å². The highest BCUT2D eigenvalue weighted by molar-refractivity contribution is 4.71. The van der Waals surface area contributed by atoms with Crippen molar-refractivity contribution in [1.82, 2.24) is 14.3 Å². The van der Waals surface area contributed by atoms with Crippen LogP contribution in [0.5, 0.6) is 0 Å². The van der Waals surface area contributed by atoms with Gasteiger partial charge in [0.1, 0.15) is 13.1 Å². The summed E-state index contributed by atoms with van der Waals surface area (Å²) in [5.74, 6) is 0.722. The molecule has 1 aromatic heterocycles. The van der Waals surface area contributed by atoms with Crippen LogP contribution in [0.25, 0.3) is 0 Å². The molecule has 0 aliphatic heterocycles. The van der Waals surface area contributed by atoms with E-state index in [0.717, 1.165) is 12.5 Å². The van der Waals surface area contributed by atoms with E-state index in [1.807, 2.05) is 0 Å². The normalized spacial score (nSPS) is 16.4. The first kappa shape index (κ1) is 8.50. The van der Waals surface area contributed by atoms with Crippen LogP contribution in [0.2, 0.25) is 0 Å². The molecule has 72 valence electrons. The predicted molar refractivity (Wildman–Crippen MR) is 46.1 cm³/mol. The van der Waals surface area contributed by atoms with Gasteiger partial charge in [0, 0.05) is 7.05 Å². The summed E-state index contributed by atoms with van der Waals surface area (Å²) in [7, 11) is 1.67. The van der Waals surface area contributed by atoms with Crippen LogP contribution in [-0.4, -0.2) is 21.0 Å². The maximum Gasteiger partial charge on any atom is 0.347 e. The average Bonchev–Trinajstić information content (AvgIpc) is 2.88. The van der Waals surface area contributed by atoms with Gasteiger partial charge in [-0.05, 0) is 18.8 Å². The molecule has 1 fully saturated rings. The number of hydrogen-bond acceptors (Lipinski definition) is 3. The van der Waals surface area contributed by atoms with Gasteiger partial charge in [0.05, 0.1) is 6.61 Å². The summed E-state index contributed by atoms with van der Waals surface area (Å²) >= 11 is 0. The minimum Gasteiger partial charge on any atom is -0.359 e. The Morgan fingerprint density at radius 1 is 1.69 bits per heavy atom. The highest BCUT2D eigenvalue weighted by atomic mass is 16.5. The molecule has 0 spiro atoms. The van der Waals surface area contributed by atoms with Crippen LogP contribution < -0.4 is 5.69 Å². The first-order valence-electron chi connectivity index (χ1n) is 4.43. The molecular weight excluding hydrogens is 170 g/mol. The van der Waals surface area contributed by atoms with E-state index < -0.39 is 0 Å². The zero-order valence-corrected chi connectivity index (χ0v) is 7.64. The van der Waals surface area contributed by atoms with E-state index in [-0.39, 0.29) is 12.4 Å².